The Hall–Kier alpha value is -0.170. The molecule has 0 fully saturated rings. The molecule has 2 aromatic heterocycles. The van der Waals surface area contributed by atoms with E-state index in [0.717, 1.165) is 18.2 Å². The Morgan fingerprint density at radius 1 is 1.41 bits per heavy atom. The molecule has 0 radical (unpaired) electrons. The Morgan fingerprint density at radius 2 is 2.24 bits per heavy atom. The van der Waals surface area contributed by atoms with E-state index in [0.29, 0.717) is 5.75 Å². The number of pyridine rings is 1. The number of nitrogens with zero attached hydrogens (tertiary/aromatic N) is 1. The number of hydrogen-bond donors (Lipinski definition) is 0. The van der Waals surface area contributed by atoms with Crippen molar-refractivity contribution in [2.24, 2.45) is 0 Å². The minimum atomic E-state index is 0.106. The number of Topliss-reactive ketones (excluding diaryl/α,β-unsaturated/α-hetero) is 1. The predicted molar refractivity (Wildman–Crippen MR) is 79.0 cm³/mol. The fraction of sp³-hybridized carbons (Fsp3) is 0.0909. The van der Waals surface area contributed by atoms with E-state index in [-0.39, 0.29) is 5.78 Å². The third-order valence-corrected chi connectivity index (χ3v) is 5.23. The van der Waals surface area contributed by atoms with Gasteiger partial charge in [0.15, 0.2) is 5.78 Å². The fourth-order valence-corrected chi connectivity index (χ4v) is 4.78. The first-order valence-corrected chi connectivity index (χ1v) is 8.07. The van der Waals surface area contributed by atoms with Gasteiger partial charge in [-0.3, -0.25) is 4.79 Å². The highest BCUT2D eigenvalue weighted by molar-refractivity contribution is 9.12. The Kier molecular flexibility index (Phi) is 4.78. The number of hydrogen-bond acceptors (Lipinski definition) is 4. The molecular weight excluding hydrogens is 386 g/mol. The van der Waals surface area contributed by atoms with Crippen LogP contribution in [0.15, 0.2) is 43.1 Å². The molecule has 0 saturated carbocycles. The number of carbonyl (C=O) groups excluding carboxylic acids is 1. The van der Waals surface area contributed by atoms with Crippen molar-refractivity contribution in [1.82, 2.24) is 4.98 Å². The van der Waals surface area contributed by atoms with E-state index >= 15 is 0 Å². The van der Waals surface area contributed by atoms with E-state index in [2.05, 4.69) is 36.8 Å². The number of ketones is 1. The van der Waals surface area contributed by atoms with Gasteiger partial charge in [0.2, 0.25) is 0 Å². The summed E-state index contributed by atoms with van der Waals surface area (Å²) in [4.78, 5) is 16.1. The fourth-order valence-electron chi connectivity index (χ4n) is 1.18. The van der Waals surface area contributed by atoms with Crippen LogP contribution in [0.25, 0.3) is 0 Å². The molecule has 2 aromatic rings. The van der Waals surface area contributed by atoms with Crippen LogP contribution < -0.4 is 0 Å². The molecule has 17 heavy (non-hydrogen) atoms. The van der Waals surface area contributed by atoms with Gasteiger partial charge >= 0.3 is 0 Å². The topological polar surface area (TPSA) is 30.0 Å². The lowest BCUT2D eigenvalue weighted by Gasteiger charge is -1.99. The first-order chi connectivity index (χ1) is 8.16. The molecular formula is C11H7Br2NOS2. The van der Waals surface area contributed by atoms with Crippen LogP contribution in [-0.4, -0.2) is 16.5 Å². The molecule has 2 heterocycles. The molecule has 0 aliphatic heterocycles. The average molecular weight is 393 g/mol. The Morgan fingerprint density at radius 3 is 2.82 bits per heavy atom. The standard InChI is InChI=1S/C11H7Br2NOS2/c12-9-5-7(11(13)17-9)8(15)6-16-10-3-1-2-4-14-10/h1-5H,6H2. The van der Waals surface area contributed by atoms with Crippen molar-refractivity contribution < 1.29 is 4.79 Å². The lowest BCUT2D eigenvalue weighted by atomic mass is 10.2. The van der Waals surface area contributed by atoms with Gasteiger partial charge in [-0.2, -0.15) is 0 Å². The van der Waals surface area contributed by atoms with E-state index in [4.69, 9.17) is 0 Å². The summed E-state index contributed by atoms with van der Waals surface area (Å²) in [6, 6.07) is 7.52. The molecule has 2 rings (SSSR count). The van der Waals surface area contributed by atoms with Crippen LogP contribution in [0.1, 0.15) is 10.4 Å². The second-order valence-corrected chi connectivity index (χ2v) is 7.86. The monoisotopic (exact) mass is 391 g/mol. The number of halogens is 2. The van der Waals surface area contributed by atoms with Gasteiger partial charge in [0, 0.05) is 11.8 Å². The lowest BCUT2D eigenvalue weighted by Crippen LogP contribution is -2.01. The zero-order chi connectivity index (χ0) is 12.3. The van der Waals surface area contributed by atoms with Gasteiger partial charge in [-0.25, -0.2) is 4.98 Å². The van der Waals surface area contributed by atoms with Crippen LogP contribution >= 0.6 is 55.0 Å². The predicted octanol–water partition coefficient (Wildman–Crippen LogP) is 4.64. The minimum absolute atomic E-state index is 0.106. The molecule has 0 spiro atoms. The summed E-state index contributed by atoms with van der Waals surface area (Å²) >= 11 is 9.71. The molecule has 0 aliphatic carbocycles. The lowest BCUT2D eigenvalue weighted by molar-refractivity contribution is 0.102. The summed E-state index contributed by atoms with van der Waals surface area (Å²) in [7, 11) is 0. The maximum absolute atomic E-state index is 12.0. The second kappa shape index (κ2) is 6.13. The van der Waals surface area contributed by atoms with Gasteiger partial charge in [-0.05, 0) is 50.1 Å². The van der Waals surface area contributed by atoms with Crippen LogP contribution in [0.3, 0.4) is 0 Å². The molecule has 88 valence electrons. The highest BCUT2D eigenvalue weighted by atomic mass is 79.9. The smallest absolute Gasteiger partial charge is 0.175 e. The molecule has 0 bridgehead atoms. The van der Waals surface area contributed by atoms with Gasteiger partial charge in [0.1, 0.15) is 0 Å². The largest absolute Gasteiger partial charge is 0.293 e. The third-order valence-electron chi connectivity index (χ3n) is 1.95. The molecule has 0 amide bonds. The molecule has 6 heteroatoms. The van der Waals surface area contributed by atoms with Crippen molar-refractivity contribution in [3.63, 3.8) is 0 Å². The van der Waals surface area contributed by atoms with Crippen LogP contribution in [0.4, 0.5) is 0 Å². The molecule has 0 unspecified atom stereocenters. The van der Waals surface area contributed by atoms with E-state index in [1.54, 1.807) is 6.20 Å². The molecule has 2 nitrogen and oxygen atoms in total. The van der Waals surface area contributed by atoms with Crippen molar-refractivity contribution in [2.75, 3.05) is 5.75 Å². The Labute approximate surface area is 124 Å². The first kappa shape index (κ1) is 13.3. The molecule has 0 aromatic carbocycles. The summed E-state index contributed by atoms with van der Waals surface area (Å²) < 4.78 is 1.83. The normalized spacial score (nSPS) is 10.5. The number of carbonyl (C=O) groups is 1. The molecule has 0 aliphatic rings. The zero-order valence-corrected chi connectivity index (χ0v) is 13.3. The van der Waals surface area contributed by atoms with Gasteiger partial charge < -0.3 is 0 Å². The van der Waals surface area contributed by atoms with Crippen LogP contribution in [0.2, 0.25) is 0 Å². The third kappa shape index (κ3) is 3.64. The SMILES string of the molecule is O=C(CSc1ccccn1)c1cc(Br)sc1Br. The highest BCUT2D eigenvalue weighted by Crippen LogP contribution is 2.32. The number of thioether (sulfide) groups is 1. The van der Waals surface area contributed by atoms with Gasteiger partial charge in [-0.15, -0.1) is 11.3 Å². The van der Waals surface area contributed by atoms with Crippen molar-refractivity contribution in [3.05, 3.63) is 43.6 Å². The summed E-state index contributed by atoms with van der Waals surface area (Å²) in [6.07, 6.45) is 1.73. The van der Waals surface area contributed by atoms with Crippen molar-refractivity contribution >= 4 is 60.7 Å². The van der Waals surface area contributed by atoms with Crippen molar-refractivity contribution in [3.8, 4) is 0 Å². The van der Waals surface area contributed by atoms with E-state index in [9.17, 15) is 4.79 Å². The van der Waals surface area contributed by atoms with Crippen LogP contribution in [-0.2, 0) is 0 Å². The van der Waals surface area contributed by atoms with E-state index in [1.165, 1.54) is 23.1 Å². The second-order valence-electron chi connectivity index (χ2n) is 3.12. The summed E-state index contributed by atoms with van der Waals surface area (Å²) in [6.45, 7) is 0. The maximum atomic E-state index is 12.0. The number of thiophene rings is 1. The van der Waals surface area contributed by atoms with E-state index in [1.807, 2.05) is 24.3 Å². The zero-order valence-electron chi connectivity index (χ0n) is 8.52. The van der Waals surface area contributed by atoms with Crippen LogP contribution in [0, 0.1) is 0 Å². The van der Waals surface area contributed by atoms with Gasteiger partial charge in [0.05, 0.1) is 18.4 Å². The maximum Gasteiger partial charge on any atom is 0.175 e. The number of aromatic nitrogens is 1. The van der Waals surface area contributed by atoms with E-state index < -0.39 is 0 Å². The quantitative estimate of drug-likeness (QED) is 0.560. The molecule has 0 atom stereocenters. The Balaban J connectivity index is 2.01. The van der Waals surface area contributed by atoms with Gasteiger partial charge in [0.25, 0.3) is 0 Å². The minimum Gasteiger partial charge on any atom is -0.293 e. The first-order valence-electron chi connectivity index (χ1n) is 4.68. The van der Waals surface area contributed by atoms with Crippen molar-refractivity contribution in [1.29, 1.82) is 0 Å². The van der Waals surface area contributed by atoms with Crippen molar-refractivity contribution in [2.45, 2.75) is 5.03 Å². The summed E-state index contributed by atoms with van der Waals surface area (Å²) in [5, 5.41) is 0.867. The summed E-state index contributed by atoms with van der Waals surface area (Å²) in [5.41, 5.74) is 0.727. The Bertz CT molecular complexity index is 528. The molecule has 0 saturated heterocycles. The highest BCUT2D eigenvalue weighted by Gasteiger charge is 2.13. The summed E-state index contributed by atoms with van der Waals surface area (Å²) in [5.74, 6) is 0.508. The average Bonchev–Trinajstić information content (AvgIpc) is 2.67. The van der Waals surface area contributed by atoms with Gasteiger partial charge in [-0.1, -0.05) is 17.8 Å². The van der Waals surface area contributed by atoms with Crippen LogP contribution in [0.5, 0.6) is 0 Å². The number of rotatable bonds is 4. The molecule has 0 N–H and O–H groups in total.